The number of nitrogens with one attached hydrogen (secondary N) is 1. The van der Waals surface area contributed by atoms with Crippen molar-refractivity contribution in [3.05, 3.63) is 18.2 Å². The number of imidazole rings is 1. The summed E-state index contributed by atoms with van der Waals surface area (Å²) in [5.74, 6) is 1.09. The Balaban J connectivity index is 2.32. The minimum absolute atomic E-state index is 0.118. The summed E-state index contributed by atoms with van der Waals surface area (Å²) in [5, 5.41) is 3.62. The molecule has 1 aliphatic rings. The van der Waals surface area contributed by atoms with Crippen molar-refractivity contribution in [2.75, 3.05) is 26.4 Å². The van der Waals surface area contributed by atoms with E-state index >= 15 is 0 Å². The molecule has 120 valence electrons. The van der Waals surface area contributed by atoms with Gasteiger partial charge in [-0.3, -0.25) is 0 Å². The standard InChI is InChI=1S/C16H29N3O2/c1-4-10-19-11-9-18-15(19)14(17-5-2)16(21-6-3)7-12-20-13-8-16/h9,11,14,17H,4-8,10,12-13H2,1-3H3. The molecule has 2 rings (SSSR count). The van der Waals surface area contributed by atoms with Gasteiger partial charge in [0.05, 0.1) is 11.6 Å². The maximum absolute atomic E-state index is 6.25. The number of rotatable bonds is 8. The fraction of sp³-hybridized carbons (Fsp3) is 0.812. The van der Waals surface area contributed by atoms with E-state index in [0.717, 1.165) is 58.0 Å². The molecular formula is C16H29N3O2. The predicted molar refractivity (Wildman–Crippen MR) is 83.3 cm³/mol. The van der Waals surface area contributed by atoms with E-state index in [2.05, 4.69) is 41.8 Å². The van der Waals surface area contributed by atoms with Crippen molar-refractivity contribution in [2.45, 2.75) is 58.2 Å². The first-order valence-corrected chi connectivity index (χ1v) is 8.23. The molecule has 5 nitrogen and oxygen atoms in total. The normalized spacial score (nSPS) is 19.6. The van der Waals surface area contributed by atoms with Crippen LogP contribution in [0.3, 0.4) is 0 Å². The van der Waals surface area contributed by atoms with E-state index in [4.69, 9.17) is 9.47 Å². The van der Waals surface area contributed by atoms with Gasteiger partial charge in [0.1, 0.15) is 5.82 Å². The molecule has 1 saturated heterocycles. The molecule has 0 aliphatic carbocycles. The van der Waals surface area contributed by atoms with Gasteiger partial charge >= 0.3 is 0 Å². The first-order valence-electron chi connectivity index (χ1n) is 8.23. The minimum Gasteiger partial charge on any atom is -0.381 e. The SMILES string of the molecule is CCCn1ccnc1C(NCC)C1(OCC)CCOCC1. The van der Waals surface area contributed by atoms with Gasteiger partial charge in [0.2, 0.25) is 0 Å². The van der Waals surface area contributed by atoms with Crippen molar-refractivity contribution in [3.63, 3.8) is 0 Å². The molecule has 1 aliphatic heterocycles. The Morgan fingerprint density at radius 3 is 2.76 bits per heavy atom. The van der Waals surface area contributed by atoms with Gasteiger partial charge in [-0.05, 0) is 19.9 Å². The number of ether oxygens (including phenoxy) is 2. The highest BCUT2D eigenvalue weighted by atomic mass is 16.5. The Labute approximate surface area is 128 Å². The maximum Gasteiger partial charge on any atom is 0.128 e. The molecule has 0 spiro atoms. The van der Waals surface area contributed by atoms with Crippen molar-refractivity contribution < 1.29 is 9.47 Å². The number of aryl methyl sites for hydroxylation is 1. The molecule has 1 atom stereocenters. The van der Waals surface area contributed by atoms with Crippen LogP contribution in [0.5, 0.6) is 0 Å². The summed E-state index contributed by atoms with van der Waals surface area (Å²) < 4.78 is 14.1. The van der Waals surface area contributed by atoms with Crippen molar-refractivity contribution in [2.24, 2.45) is 0 Å². The lowest BCUT2D eigenvalue weighted by molar-refractivity contribution is -0.129. The van der Waals surface area contributed by atoms with Crippen molar-refractivity contribution >= 4 is 0 Å². The Kier molecular flexibility index (Phi) is 6.21. The van der Waals surface area contributed by atoms with Gasteiger partial charge in [-0.2, -0.15) is 0 Å². The van der Waals surface area contributed by atoms with Crippen LogP contribution in [0, 0.1) is 0 Å². The summed E-state index contributed by atoms with van der Waals surface area (Å²) in [6, 6.07) is 0.118. The van der Waals surface area contributed by atoms with E-state index in [0.29, 0.717) is 0 Å². The van der Waals surface area contributed by atoms with Gasteiger partial charge in [-0.25, -0.2) is 4.98 Å². The zero-order valence-corrected chi connectivity index (χ0v) is 13.6. The lowest BCUT2D eigenvalue weighted by atomic mass is 9.85. The molecule has 1 N–H and O–H groups in total. The zero-order chi connectivity index (χ0) is 15.1. The second kappa shape index (κ2) is 7.92. The first kappa shape index (κ1) is 16.5. The second-order valence-corrected chi connectivity index (χ2v) is 5.58. The zero-order valence-electron chi connectivity index (χ0n) is 13.6. The van der Waals surface area contributed by atoms with E-state index in [1.54, 1.807) is 0 Å². The molecule has 1 aromatic heterocycles. The largest absolute Gasteiger partial charge is 0.381 e. The monoisotopic (exact) mass is 295 g/mol. The molecule has 2 heterocycles. The fourth-order valence-corrected chi connectivity index (χ4v) is 3.25. The number of aromatic nitrogens is 2. The summed E-state index contributed by atoms with van der Waals surface area (Å²) in [6.07, 6.45) is 6.90. The number of hydrogen-bond acceptors (Lipinski definition) is 4. The number of likely N-dealkylation sites (N-methyl/N-ethyl adjacent to an activating group) is 1. The van der Waals surface area contributed by atoms with Gasteiger partial charge < -0.3 is 19.4 Å². The minimum atomic E-state index is -0.208. The van der Waals surface area contributed by atoms with Gasteiger partial charge in [0, 0.05) is 51.6 Å². The molecule has 0 radical (unpaired) electrons. The summed E-state index contributed by atoms with van der Waals surface area (Å²) in [4.78, 5) is 4.64. The summed E-state index contributed by atoms with van der Waals surface area (Å²) in [5.41, 5.74) is -0.208. The van der Waals surface area contributed by atoms with Gasteiger partial charge in [-0.15, -0.1) is 0 Å². The van der Waals surface area contributed by atoms with Crippen LogP contribution in [0.4, 0.5) is 0 Å². The molecule has 0 aromatic carbocycles. The summed E-state index contributed by atoms with van der Waals surface area (Å²) >= 11 is 0. The van der Waals surface area contributed by atoms with E-state index < -0.39 is 0 Å². The highest BCUT2D eigenvalue weighted by Gasteiger charge is 2.43. The van der Waals surface area contributed by atoms with Crippen LogP contribution in [-0.2, 0) is 16.0 Å². The van der Waals surface area contributed by atoms with Crippen molar-refractivity contribution in [3.8, 4) is 0 Å². The smallest absolute Gasteiger partial charge is 0.128 e. The molecule has 1 fully saturated rings. The van der Waals surface area contributed by atoms with E-state index in [1.807, 2.05) is 6.20 Å². The number of nitrogens with zero attached hydrogens (tertiary/aromatic N) is 2. The highest BCUT2D eigenvalue weighted by Crippen LogP contribution is 2.37. The van der Waals surface area contributed by atoms with Crippen LogP contribution in [0.25, 0.3) is 0 Å². The van der Waals surface area contributed by atoms with Crippen molar-refractivity contribution in [1.82, 2.24) is 14.9 Å². The average Bonchev–Trinajstić information content (AvgIpc) is 2.94. The quantitative estimate of drug-likeness (QED) is 0.800. The topological polar surface area (TPSA) is 48.3 Å². The van der Waals surface area contributed by atoms with Gasteiger partial charge in [0.25, 0.3) is 0 Å². The maximum atomic E-state index is 6.25. The second-order valence-electron chi connectivity index (χ2n) is 5.58. The third-order valence-corrected chi connectivity index (χ3v) is 4.18. The fourth-order valence-electron chi connectivity index (χ4n) is 3.25. The van der Waals surface area contributed by atoms with E-state index in [9.17, 15) is 0 Å². The van der Waals surface area contributed by atoms with E-state index in [1.165, 1.54) is 0 Å². The van der Waals surface area contributed by atoms with Gasteiger partial charge in [0.15, 0.2) is 0 Å². The molecule has 21 heavy (non-hydrogen) atoms. The van der Waals surface area contributed by atoms with Crippen LogP contribution >= 0.6 is 0 Å². The molecule has 5 heteroatoms. The Morgan fingerprint density at radius 2 is 2.14 bits per heavy atom. The number of hydrogen-bond donors (Lipinski definition) is 1. The Hall–Kier alpha value is -0.910. The lowest BCUT2D eigenvalue weighted by Gasteiger charge is -2.43. The van der Waals surface area contributed by atoms with E-state index in [-0.39, 0.29) is 11.6 Å². The van der Waals surface area contributed by atoms with Crippen LogP contribution in [0.15, 0.2) is 12.4 Å². The third kappa shape index (κ3) is 3.65. The molecule has 0 saturated carbocycles. The van der Waals surface area contributed by atoms with Gasteiger partial charge in [-0.1, -0.05) is 13.8 Å². The van der Waals surface area contributed by atoms with Crippen LogP contribution in [0.1, 0.15) is 51.9 Å². The molecule has 1 unspecified atom stereocenters. The third-order valence-electron chi connectivity index (χ3n) is 4.18. The predicted octanol–water partition coefficient (Wildman–Crippen LogP) is 2.53. The van der Waals surface area contributed by atoms with Crippen LogP contribution in [-0.4, -0.2) is 41.5 Å². The first-order chi connectivity index (χ1) is 10.3. The molecule has 0 amide bonds. The lowest BCUT2D eigenvalue weighted by Crippen LogP contribution is -2.50. The van der Waals surface area contributed by atoms with Crippen molar-refractivity contribution in [1.29, 1.82) is 0 Å². The summed E-state index contributed by atoms with van der Waals surface area (Å²) in [7, 11) is 0. The van der Waals surface area contributed by atoms with Crippen LogP contribution in [0.2, 0.25) is 0 Å². The summed E-state index contributed by atoms with van der Waals surface area (Å²) in [6.45, 7) is 10.5. The molecular weight excluding hydrogens is 266 g/mol. The Bertz CT molecular complexity index is 408. The highest BCUT2D eigenvalue weighted by molar-refractivity contribution is 5.09. The molecule has 0 bridgehead atoms. The molecule has 1 aromatic rings. The average molecular weight is 295 g/mol. The Morgan fingerprint density at radius 1 is 1.38 bits per heavy atom. The van der Waals surface area contributed by atoms with Crippen LogP contribution < -0.4 is 5.32 Å².